The van der Waals surface area contributed by atoms with Crippen LogP contribution in [0.15, 0.2) is 48.5 Å². The van der Waals surface area contributed by atoms with Crippen LogP contribution in [0.5, 0.6) is 0 Å². The molecule has 0 aromatic heterocycles. The molecule has 0 atom stereocenters. The van der Waals surface area contributed by atoms with E-state index in [-0.39, 0.29) is 11.8 Å². The third-order valence-electron chi connectivity index (χ3n) is 6.29. The number of benzene rings is 2. The van der Waals surface area contributed by atoms with Gasteiger partial charge in [-0.05, 0) is 89.1 Å². The first-order valence-electron chi connectivity index (χ1n) is 14.8. The van der Waals surface area contributed by atoms with Gasteiger partial charge < -0.3 is 32.5 Å². The summed E-state index contributed by atoms with van der Waals surface area (Å²) in [5.41, 5.74) is 2.49. The molecule has 43 heavy (non-hydrogen) atoms. The van der Waals surface area contributed by atoms with Gasteiger partial charge in [0.15, 0.2) is 0 Å². The van der Waals surface area contributed by atoms with E-state index in [9.17, 15) is 9.59 Å². The zero-order valence-electron chi connectivity index (χ0n) is 25.7. The molecule has 2 aromatic rings. The summed E-state index contributed by atoms with van der Waals surface area (Å²) < 4.78 is 31.6. The lowest BCUT2D eigenvalue weighted by Crippen LogP contribution is -2.59. The van der Waals surface area contributed by atoms with Crippen molar-refractivity contribution in [3.63, 3.8) is 0 Å². The monoisotopic (exact) mass is 624 g/mol. The Morgan fingerprint density at radius 1 is 0.628 bits per heavy atom. The van der Waals surface area contributed by atoms with Crippen molar-refractivity contribution in [2.75, 3.05) is 39.5 Å². The molecule has 2 amide bonds. The molecule has 232 valence electrons. The summed E-state index contributed by atoms with van der Waals surface area (Å²) in [5, 5.41) is 5.89. The number of hydrogen-bond donors (Lipinski definition) is 2. The van der Waals surface area contributed by atoms with Gasteiger partial charge in [-0.3, -0.25) is 9.59 Å². The Bertz CT molecular complexity index is 1120. The first kappa shape index (κ1) is 35.9. The highest BCUT2D eigenvalue weighted by atomic mass is 28.5. The molecule has 0 radical (unpaired) electrons. The van der Waals surface area contributed by atoms with E-state index in [0.717, 1.165) is 0 Å². The second kappa shape index (κ2) is 19.1. The number of carbonyl (C=O) groups is 2. The van der Waals surface area contributed by atoms with Gasteiger partial charge in [-0.25, -0.2) is 0 Å². The summed E-state index contributed by atoms with van der Waals surface area (Å²) in [6, 6.07) is 14.7. The van der Waals surface area contributed by atoms with Gasteiger partial charge in [0.2, 0.25) is 0 Å². The smallest absolute Gasteiger partial charge is 0.374 e. The highest BCUT2D eigenvalue weighted by Gasteiger charge is 2.53. The number of hydrogen-bond acceptors (Lipinski definition) is 7. The topological polar surface area (TPSA) is 104 Å². The summed E-state index contributed by atoms with van der Waals surface area (Å²) in [5.74, 6) is 4.71. The minimum absolute atomic E-state index is 0.189. The van der Waals surface area contributed by atoms with Crippen molar-refractivity contribution in [1.29, 1.82) is 0 Å². The largest absolute Gasteiger partial charge is 0.493 e. The predicted molar refractivity (Wildman–Crippen MR) is 171 cm³/mol. The minimum Gasteiger partial charge on any atom is -0.374 e. The molecule has 0 heterocycles. The molecule has 0 unspecified atom stereocenters. The van der Waals surface area contributed by atoms with Crippen LogP contribution in [-0.2, 0) is 21.8 Å². The van der Waals surface area contributed by atoms with E-state index < -0.39 is 17.6 Å². The highest BCUT2D eigenvalue weighted by molar-refractivity contribution is 6.75. The maximum atomic E-state index is 12.6. The highest BCUT2D eigenvalue weighted by Crippen LogP contribution is 2.28. The van der Waals surface area contributed by atoms with Crippen LogP contribution in [0.1, 0.15) is 72.4 Å². The first-order chi connectivity index (χ1) is 20.8. The van der Waals surface area contributed by atoms with E-state index in [1.165, 1.54) is 0 Å². The number of terminal acetylenes is 2. The number of nitrogens with one attached hydrogen (secondary N) is 2. The van der Waals surface area contributed by atoms with Crippen LogP contribution in [-0.4, -0.2) is 68.9 Å². The van der Waals surface area contributed by atoms with Crippen LogP contribution in [0.2, 0.25) is 12.1 Å². The molecule has 0 saturated heterocycles. The van der Waals surface area contributed by atoms with Crippen LogP contribution >= 0.6 is 0 Å². The molecule has 9 nitrogen and oxygen atoms in total. The molecule has 0 spiro atoms. The zero-order valence-corrected chi connectivity index (χ0v) is 27.7. The molecule has 0 fully saturated rings. The van der Waals surface area contributed by atoms with Gasteiger partial charge in [0.05, 0.1) is 0 Å². The van der Waals surface area contributed by atoms with Gasteiger partial charge in [0, 0.05) is 73.9 Å². The van der Waals surface area contributed by atoms with E-state index in [1.54, 1.807) is 48.5 Å². The van der Waals surface area contributed by atoms with Crippen molar-refractivity contribution < 1.29 is 31.4 Å². The van der Waals surface area contributed by atoms with E-state index >= 15 is 0 Å². The average molecular weight is 625 g/mol. The fourth-order valence-corrected chi connectivity index (χ4v) is 11.7. The van der Waals surface area contributed by atoms with Crippen LogP contribution in [0.3, 0.4) is 0 Å². The van der Waals surface area contributed by atoms with E-state index in [4.69, 9.17) is 34.7 Å². The number of amides is 2. The van der Waals surface area contributed by atoms with Crippen molar-refractivity contribution in [1.82, 2.24) is 10.6 Å². The Morgan fingerprint density at radius 3 is 1.23 bits per heavy atom. The summed E-state index contributed by atoms with van der Waals surface area (Å²) in [7, 11) is -6.56. The lowest BCUT2D eigenvalue weighted by atomic mass is 10.1. The quantitative estimate of drug-likeness (QED) is 0.126. The van der Waals surface area contributed by atoms with Crippen LogP contribution in [0, 0.1) is 24.7 Å². The fourth-order valence-electron chi connectivity index (χ4n) is 4.36. The van der Waals surface area contributed by atoms with Crippen LogP contribution in [0.4, 0.5) is 0 Å². The minimum atomic E-state index is -3.28. The van der Waals surface area contributed by atoms with Gasteiger partial charge in [-0.2, -0.15) is 0 Å². The second-order valence-corrected chi connectivity index (χ2v) is 15.1. The van der Waals surface area contributed by atoms with Crippen LogP contribution < -0.4 is 10.6 Å². The third kappa shape index (κ3) is 11.7. The first-order valence-corrected chi connectivity index (χ1v) is 18.6. The molecule has 2 aromatic carbocycles. The van der Waals surface area contributed by atoms with Crippen molar-refractivity contribution in [2.45, 2.75) is 52.6 Å². The molecule has 0 bridgehead atoms. The predicted octanol–water partition coefficient (Wildman–Crippen LogP) is 4.63. The molecule has 0 aliphatic heterocycles. The van der Waals surface area contributed by atoms with Crippen molar-refractivity contribution in [3.05, 3.63) is 70.8 Å². The molecule has 0 saturated carbocycles. The Hall–Kier alpha value is -3.27. The molecule has 0 aliphatic carbocycles. The average Bonchev–Trinajstić information content (AvgIpc) is 3.02. The Kier molecular flexibility index (Phi) is 16.0. The Labute approximate surface area is 258 Å². The van der Waals surface area contributed by atoms with E-state index in [0.29, 0.717) is 86.7 Å². The van der Waals surface area contributed by atoms with Gasteiger partial charge >= 0.3 is 17.6 Å². The fraction of sp³-hybridized carbons (Fsp3) is 0.438. The van der Waals surface area contributed by atoms with Crippen molar-refractivity contribution in [2.24, 2.45) is 0 Å². The standard InChI is InChI=1S/C32H44N2O7Si2/c1-7-27-15-19-29(20-16-27)31(35)33-23-13-25-42(37-9-3,38-10-4)41-43(39-11-5,40-12-6)26-14-24-34-32(36)30-21-17-28(8-2)18-22-30/h1-2,15-22H,9-14,23-26H2,3-6H3,(H,33,35)(H,34,36). The molecule has 11 heteroatoms. The summed E-state index contributed by atoms with van der Waals surface area (Å²) in [4.78, 5) is 25.2. The van der Waals surface area contributed by atoms with Gasteiger partial charge in [-0.15, -0.1) is 12.8 Å². The van der Waals surface area contributed by atoms with Gasteiger partial charge in [-0.1, -0.05) is 11.8 Å². The Balaban J connectivity index is 2.06. The van der Waals surface area contributed by atoms with E-state index in [2.05, 4.69) is 22.5 Å². The van der Waals surface area contributed by atoms with Crippen molar-refractivity contribution in [3.8, 4) is 24.7 Å². The lowest BCUT2D eigenvalue weighted by molar-refractivity contribution is 0.0486. The number of carbonyl (C=O) groups excluding carboxylic acids is 2. The maximum absolute atomic E-state index is 12.6. The molecular weight excluding hydrogens is 581 g/mol. The SMILES string of the molecule is C#Cc1ccc(C(=O)NCCC[Si](OCC)(OCC)O[Si](CCCNC(=O)c2ccc(C#C)cc2)(OCC)OCC)cc1. The number of rotatable bonds is 20. The zero-order chi connectivity index (χ0) is 31.6. The lowest BCUT2D eigenvalue weighted by Gasteiger charge is -2.38. The molecule has 2 N–H and O–H groups in total. The summed E-state index contributed by atoms with van der Waals surface area (Å²) in [6.45, 7) is 9.91. The molecule has 0 aliphatic rings. The van der Waals surface area contributed by atoms with Gasteiger partial charge in [0.25, 0.3) is 11.8 Å². The second-order valence-electron chi connectivity index (χ2n) is 9.36. The maximum Gasteiger partial charge on any atom is 0.493 e. The molecule has 2 rings (SSSR count). The summed E-state index contributed by atoms with van der Waals surface area (Å²) in [6.07, 6.45) is 11.9. The van der Waals surface area contributed by atoms with Crippen molar-refractivity contribution >= 4 is 29.4 Å². The van der Waals surface area contributed by atoms with Crippen LogP contribution in [0.25, 0.3) is 0 Å². The Morgan fingerprint density at radius 2 is 0.953 bits per heavy atom. The van der Waals surface area contributed by atoms with E-state index in [1.807, 2.05) is 27.7 Å². The molecular formula is C32H44N2O7Si2. The normalized spacial score (nSPS) is 11.4. The third-order valence-corrected chi connectivity index (χ3v) is 13.6. The summed E-state index contributed by atoms with van der Waals surface area (Å²) >= 11 is 0. The van der Waals surface area contributed by atoms with Gasteiger partial charge in [0.1, 0.15) is 0 Å².